The first-order valence-corrected chi connectivity index (χ1v) is 13.0. The summed E-state index contributed by atoms with van der Waals surface area (Å²) in [6.45, 7) is 2.16. The summed E-state index contributed by atoms with van der Waals surface area (Å²) < 4.78 is 14.9. The zero-order chi connectivity index (χ0) is 28.5. The Bertz CT molecular complexity index is 1490. The van der Waals surface area contributed by atoms with E-state index < -0.39 is 23.3 Å². The number of nitrogens with zero attached hydrogens (tertiary/aromatic N) is 3. The smallest absolute Gasteiger partial charge is 0.294 e. The largest absolute Gasteiger partial charge is 0.336 e. The van der Waals surface area contributed by atoms with Crippen molar-refractivity contribution in [2.45, 2.75) is 32.5 Å². The molecule has 0 aliphatic carbocycles. The lowest BCUT2D eigenvalue weighted by atomic mass is 10.1. The molecule has 1 aromatic heterocycles. The van der Waals surface area contributed by atoms with E-state index in [1.165, 1.54) is 35.0 Å². The molecule has 2 amide bonds. The summed E-state index contributed by atoms with van der Waals surface area (Å²) in [5, 5.41) is 5.36. The van der Waals surface area contributed by atoms with Crippen LogP contribution in [0.3, 0.4) is 0 Å². The fourth-order valence-electron chi connectivity index (χ4n) is 4.18. The van der Waals surface area contributed by atoms with Gasteiger partial charge >= 0.3 is 0 Å². The molecule has 1 atom stereocenters. The topological polar surface area (TPSA) is 96.3 Å². The lowest BCUT2D eigenvalue weighted by molar-refractivity contribution is -0.132. The van der Waals surface area contributed by atoms with E-state index >= 15 is 0 Å². The number of amides is 2. The fourth-order valence-corrected chi connectivity index (χ4v) is 4.18. The number of benzene rings is 3. The van der Waals surface area contributed by atoms with Crippen molar-refractivity contribution in [2.24, 2.45) is 0 Å². The second-order valence-electron chi connectivity index (χ2n) is 9.43. The van der Waals surface area contributed by atoms with Crippen LogP contribution in [0.2, 0.25) is 0 Å². The van der Waals surface area contributed by atoms with Gasteiger partial charge in [0.1, 0.15) is 12.4 Å². The molecule has 9 heteroatoms. The van der Waals surface area contributed by atoms with Crippen LogP contribution in [0.25, 0.3) is 11.3 Å². The van der Waals surface area contributed by atoms with E-state index in [1.807, 2.05) is 60.7 Å². The summed E-state index contributed by atoms with van der Waals surface area (Å²) in [4.78, 5) is 45.8. The Balaban J connectivity index is 1.68. The summed E-state index contributed by atoms with van der Waals surface area (Å²) >= 11 is 0. The van der Waals surface area contributed by atoms with E-state index in [4.69, 9.17) is 0 Å². The number of hydrogen-bond acceptors (Lipinski definition) is 5. The molecule has 1 heterocycles. The van der Waals surface area contributed by atoms with Crippen LogP contribution in [-0.4, -0.2) is 45.9 Å². The average molecular weight is 542 g/mol. The number of likely N-dealkylation sites (N-methyl/N-ethyl adjacent to an activating group) is 1. The quantitative estimate of drug-likeness (QED) is 0.301. The van der Waals surface area contributed by atoms with Crippen molar-refractivity contribution >= 4 is 17.6 Å². The van der Waals surface area contributed by atoms with E-state index in [9.17, 15) is 18.8 Å². The summed E-state index contributed by atoms with van der Waals surface area (Å²) in [5.41, 5.74) is 2.26. The van der Waals surface area contributed by atoms with Gasteiger partial charge in [-0.2, -0.15) is 0 Å². The molecule has 8 nitrogen and oxygen atoms in total. The fraction of sp³-hybridized carbons (Fsp3) is 0.226. The minimum absolute atomic E-state index is 0.190. The third-order valence-corrected chi connectivity index (χ3v) is 6.64. The molecule has 0 aliphatic rings. The van der Waals surface area contributed by atoms with E-state index in [2.05, 4.69) is 15.6 Å². The van der Waals surface area contributed by atoms with Crippen LogP contribution in [0.4, 0.5) is 10.2 Å². The lowest BCUT2D eigenvalue weighted by Crippen LogP contribution is -2.40. The van der Waals surface area contributed by atoms with E-state index in [1.54, 1.807) is 18.9 Å². The maximum absolute atomic E-state index is 13.8. The van der Waals surface area contributed by atoms with Crippen LogP contribution in [0.5, 0.6) is 0 Å². The second-order valence-corrected chi connectivity index (χ2v) is 9.43. The Kier molecular flexibility index (Phi) is 9.53. The molecule has 0 spiro atoms. The number of rotatable bonds is 11. The molecule has 3 aromatic carbocycles. The van der Waals surface area contributed by atoms with Crippen LogP contribution >= 0.6 is 0 Å². The number of carbonyl (C=O) groups excluding carboxylic acids is 2. The third kappa shape index (κ3) is 7.27. The van der Waals surface area contributed by atoms with Gasteiger partial charge in [-0.05, 0) is 55.8 Å². The van der Waals surface area contributed by atoms with E-state index in [0.29, 0.717) is 30.8 Å². The molecule has 0 fully saturated rings. The van der Waals surface area contributed by atoms with Crippen LogP contribution in [0, 0.1) is 5.82 Å². The summed E-state index contributed by atoms with van der Waals surface area (Å²) in [6.07, 6.45) is 2.05. The van der Waals surface area contributed by atoms with Crippen molar-refractivity contribution in [3.63, 3.8) is 0 Å². The predicted octanol–water partition coefficient (Wildman–Crippen LogP) is 3.87. The van der Waals surface area contributed by atoms with Crippen LogP contribution < -0.4 is 16.2 Å². The molecule has 206 valence electrons. The molecule has 0 radical (unpaired) electrons. The number of anilines is 1. The normalized spacial score (nSPS) is 11.6. The standard InChI is InChI=1S/C31H32FN5O3/c1-22(33-2)30(39)35-29-31(40)37(27(19-34-29)25-13-15-26(32)16-14-25)21-28(38)36(20-24-11-7-4-8-12-24)18-17-23-9-5-3-6-10-23/h3-16,19,22,33H,17-18,20-21H2,1-2H3,(H,34,35,39)/t22-/m0/s1. The number of hydrogen-bond donors (Lipinski definition) is 2. The first-order valence-electron chi connectivity index (χ1n) is 13.0. The maximum atomic E-state index is 13.8. The van der Waals surface area contributed by atoms with Gasteiger partial charge in [-0.1, -0.05) is 60.7 Å². The van der Waals surface area contributed by atoms with Gasteiger partial charge in [0.2, 0.25) is 11.8 Å². The average Bonchev–Trinajstić information content (AvgIpc) is 2.98. The zero-order valence-electron chi connectivity index (χ0n) is 22.5. The van der Waals surface area contributed by atoms with Crippen LogP contribution in [0.1, 0.15) is 18.1 Å². The molecule has 0 saturated carbocycles. The molecule has 4 aromatic rings. The second kappa shape index (κ2) is 13.4. The zero-order valence-corrected chi connectivity index (χ0v) is 22.5. The highest BCUT2D eigenvalue weighted by atomic mass is 19.1. The summed E-state index contributed by atoms with van der Waals surface area (Å²) in [6, 6.07) is 24.5. The summed E-state index contributed by atoms with van der Waals surface area (Å²) in [7, 11) is 1.63. The monoisotopic (exact) mass is 541 g/mol. The number of carbonyl (C=O) groups is 2. The maximum Gasteiger partial charge on any atom is 0.294 e. The predicted molar refractivity (Wildman–Crippen MR) is 153 cm³/mol. The van der Waals surface area contributed by atoms with Gasteiger partial charge < -0.3 is 15.5 Å². The highest BCUT2D eigenvalue weighted by molar-refractivity contribution is 5.93. The molecule has 0 unspecified atom stereocenters. The van der Waals surface area contributed by atoms with Gasteiger partial charge in [0.25, 0.3) is 5.56 Å². The SMILES string of the molecule is CN[C@@H](C)C(=O)Nc1ncc(-c2ccc(F)cc2)n(CC(=O)N(CCc2ccccc2)Cc2ccccc2)c1=O. The first-order chi connectivity index (χ1) is 19.4. The van der Waals surface area contributed by atoms with Crippen molar-refractivity contribution in [2.75, 3.05) is 18.9 Å². The van der Waals surface area contributed by atoms with Gasteiger partial charge in [-0.25, -0.2) is 9.37 Å². The third-order valence-electron chi connectivity index (χ3n) is 6.64. The molecule has 0 bridgehead atoms. The molecular weight excluding hydrogens is 509 g/mol. The molecule has 2 N–H and O–H groups in total. The minimum Gasteiger partial charge on any atom is -0.336 e. The van der Waals surface area contributed by atoms with E-state index in [0.717, 1.165) is 11.1 Å². The molecule has 0 aliphatic heterocycles. The highest BCUT2D eigenvalue weighted by Crippen LogP contribution is 2.19. The van der Waals surface area contributed by atoms with Crippen molar-refractivity contribution in [1.29, 1.82) is 0 Å². The minimum atomic E-state index is -0.630. The van der Waals surface area contributed by atoms with E-state index in [-0.39, 0.29) is 18.3 Å². The molecule has 0 saturated heterocycles. The van der Waals surface area contributed by atoms with Crippen molar-refractivity contribution < 1.29 is 14.0 Å². The number of halogens is 1. The highest BCUT2D eigenvalue weighted by Gasteiger charge is 2.21. The first kappa shape index (κ1) is 28.4. The summed E-state index contributed by atoms with van der Waals surface area (Å²) in [5.74, 6) is -1.34. The van der Waals surface area contributed by atoms with Gasteiger partial charge in [0.15, 0.2) is 5.82 Å². The Hall–Kier alpha value is -4.63. The Morgan fingerprint density at radius 3 is 2.20 bits per heavy atom. The Morgan fingerprint density at radius 2 is 1.57 bits per heavy atom. The van der Waals surface area contributed by atoms with Crippen molar-refractivity contribution in [3.8, 4) is 11.3 Å². The molecule has 4 rings (SSSR count). The van der Waals surface area contributed by atoms with Gasteiger partial charge in [-0.3, -0.25) is 19.0 Å². The Labute approximate surface area is 232 Å². The number of aromatic nitrogens is 2. The van der Waals surface area contributed by atoms with Gasteiger partial charge in [0, 0.05) is 18.7 Å². The van der Waals surface area contributed by atoms with Crippen LogP contribution in [-0.2, 0) is 29.1 Å². The molecule has 40 heavy (non-hydrogen) atoms. The Morgan fingerprint density at radius 1 is 0.950 bits per heavy atom. The van der Waals surface area contributed by atoms with Gasteiger partial charge in [0.05, 0.1) is 17.9 Å². The van der Waals surface area contributed by atoms with Gasteiger partial charge in [-0.15, -0.1) is 0 Å². The molecular formula is C31H32FN5O3. The van der Waals surface area contributed by atoms with Crippen molar-refractivity contribution in [3.05, 3.63) is 118 Å². The van der Waals surface area contributed by atoms with Crippen molar-refractivity contribution in [1.82, 2.24) is 19.8 Å². The van der Waals surface area contributed by atoms with Crippen LogP contribution in [0.15, 0.2) is 95.9 Å². The number of nitrogens with one attached hydrogen (secondary N) is 2. The lowest BCUT2D eigenvalue weighted by Gasteiger charge is -2.24.